The van der Waals surface area contributed by atoms with Gasteiger partial charge in [-0.2, -0.15) is 5.10 Å². The smallest absolute Gasteiger partial charge is 0.341 e. The summed E-state index contributed by atoms with van der Waals surface area (Å²) in [6.45, 7) is -0.232. The Morgan fingerprint density at radius 1 is 1.69 bits per heavy atom. The Hall–Kier alpha value is -2.09. The monoisotopic (exact) mass is 228 g/mol. The molecule has 0 radical (unpaired) electrons. The molecule has 1 heterocycles. The summed E-state index contributed by atoms with van der Waals surface area (Å²) in [6.07, 6.45) is 3.24. The fraction of sp³-hybridized carbons (Fsp3) is 0.375. The van der Waals surface area contributed by atoms with Crippen LogP contribution in [0.5, 0.6) is 0 Å². The lowest BCUT2D eigenvalue weighted by Crippen LogP contribution is -2.37. The van der Waals surface area contributed by atoms with E-state index in [1.165, 1.54) is 4.90 Å². The van der Waals surface area contributed by atoms with Crippen molar-refractivity contribution in [2.45, 2.75) is 6.54 Å². The van der Waals surface area contributed by atoms with Gasteiger partial charge in [0.2, 0.25) is 0 Å². The number of nitrogens with one attached hydrogen (secondary N) is 2. The first kappa shape index (κ1) is 12.0. The molecule has 0 aliphatic rings. The van der Waals surface area contributed by atoms with Gasteiger partial charge in [0.05, 0.1) is 12.7 Å². The molecule has 8 nitrogen and oxygen atoms in total. The average Bonchev–Trinajstić information content (AvgIpc) is 2.69. The summed E-state index contributed by atoms with van der Waals surface area (Å²) >= 11 is 0. The van der Waals surface area contributed by atoms with Gasteiger partial charge in [-0.3, -0.25) is 9.94 Å². The molecule has 0 unspecified atom stereocenters. The molecule has 3 N–H and O–H groups in total. The zero-order chi connectivity index (χ0) is 12.0. The second-order valence-electron chi connectivity index (χ2n) is 3.05. The number of urea groups is 1. The van der Waals surface area contributed by atoms with Gasteiger partial charge >= 0.3 is 12.0 Å². The van der Waals surface area contributed by atoms with Crippen molar-refractivity contribution in [3.05, 3.63) is 18.0 Å². The predicted octanol–water partition coefficient (Wildman–Crippen LogP) is -0.433. The van der Waals surface area contributed by atoms with Gasteiger partial charge in [0, 0.05) is 18.8 Å². The highest BCUT2D eigenvalue weighted by molar-refractivity contribution is 5.73. The number of H-pyrrole nitrogens is 1. The largest absolute Gasteiger partial charge is 0.479 e. The lowest BCUT2D eigenvalue weighted by atomic mass is 10.3. The molecule has 1 aromatic heterocycles. The van der Waals surface area contributed by atoms with Gasteiger partial charge in [-0.1, -0.05) is 0 Å². The molecule has 16 heavy (non-hydrogen) atoms. The number of carbonyl (C=O) groups is 2. The zero-order valence-corrected chi connectivity index (χ0v) is 8.64. The van der Waals surface area contributed by atoms with Gasteiger partial charge in [0.25, 0.3) is 0 Å². The first-order chi connectivity index (χ1) is 7.59. The first-order valence-electron chi connectivity index (χ1n) is 4.42. The van der Waals surface area contributed by atoms with E-state index in [-0.39, 0.29) is 0 Å². The third-order valence-electron chi connectivity index (χ3n) is 1.68. The molecular weight excluding hydrogens is 216 g/mol. The highest BCUT2D eigenvalue weighted by Crippen LogP contribution is 1.99. The van der Waals surface area contributed by atoms with Crippen molar-refractivity contribution in [2.75, 3.05) is 13.7 Å². The van der Waals surface area contributed by atoms with Crippen LogP contribution >= 0.6 is 0 Å². The van der Waals surface area contributed by atoms with Gasteiger partial charge in [0.1, 0.15) is 0 Å². The van der Waals surface area contributed by atoms with Crippen LogP contribution in [0.1, 0.15) is 5.56 Å². The Balaban J connectivity index is 2.28. The van der Waals surface area contributed by atoms with Crippen molar-refractivity contribution in [1.29, 1.82) is 0 Å². The van der Waals surface area contributed by atoms with Crippen molar-refractivity contribution in [2.24, 2.45) is 0 Å². The molecular formula is C8H12N4O4. The number of nitrogens with zero attached hydrogens (tertiary/aromatic N) is 2. The van der Waals surface area contributed by atoms with Crippen LogP contribution in [0.2, 0.25) is 0 Å². The summed E-state index contributed by atoms with van der Waals surface area (Å²) in [7, 11) is 1.55. The molecule has 1 rings (SSSR count). The van der Waals surface area contributed by atoms with Gasteiger partial charge in [-0.05, 0) is 0 Å². The SMILES string of the molecule is CN(Cc1cn[nH]c1)C(=O)NOCC(=O)O. The van der Waals surface area contributed by atoms with E-state index < -0.39 is 18.6 Å². The number of hydroxylamine groups is 1. The highest BCUT2D eigenvalue weighted by atomic mass is 16.7. The number of aromatic amines is 1. The van der Waals surface area contributed by atoms with Gasteiger partial charge in [-0.25, -0.2) is 15.1 Å². The number of aromatic nitrogens is 2. The van der Waals surface area contributed by atoms with Crippen LogP contribution < -0.4 is 5.48 Å². The van der Waals surface area contributed by atoms with Crippen LogP contribution in [0.3, 0.4) is 0 Å². The lowest BCUT2D eigenvalue weighted by molar-refractivity contribution is -0.144. The van der Waals surface area contributed by atoms with Crippen molar-refractivity contribution >= 4 is 12.0 Å². The van der Waals surface area contributed by atoms with E-state index >= 15 is 0 Å². The second kappa shape index (κ2) is 5.71. The van der Waals surface area contributed by atoms with Crippen LogP contribution in [0.25, 0.3) is 0 Å². The number of carboxylic acids is 1. The third kappa shape index (κ3) is 3.96. The standard InChI is InChI=1S/C8H12N4O4/c1-12(4-6-2-9-10-3-6)8(15)11-16-5-7(13)14/h2-3H,4-5H2,1H3,(H,9,10)(H,11,15)(H,13,14). The molecule has 0 saturated carbocycles. The minimum atomic E-state index is -1.15. The molecule has 2 amide bonds. The minimum absolute atomic E-state index is 0.346. The molecule has 8 heteroatoms. The summed E-state index contributed by atoms with van der Waals surface area (Å²) in [5, 5.41) is 14.6. The molecule has 0 saturated heterocycles. The number of carbonyl (C=O) groups excluding carboxylic acids is 1. The van der Waals surface area contributed by atoms with E-state index in [0.29, 0.717) is 6.54 Å². The summed E-state index contributed by atoms with van der Waals surface area (Å²) in [5.74, 6) is -1.15. The molecule has 0 aliphatic heterocycles. The lowest BCUT2D eigenvalue weighted by Gasteiger charge is -2.16. The summed E-state index contributed by atoms with van der Waals surface area (Å²) in [6, 6.07) is -0.526. The maximum atomic E-state index is 11.3. The Morgan fingerprint density at radius 3 is 3.00 bits per heavy atom. The van der Waals surface area contributed by atoms with Gasteiger partial charge in [0.15, 0.2) is 6.61 Å². The minimum Gasteiger partial charge on any atom is -0.479 e. The zero-order valence-electron chi connectivity index (χ0n) is 8.64. The van der Waals surface area contributed by atoms with E-state index in [1.807, 2.05) is 5.48 Å². The summed E-state index contributed by atoms with van der Waals surface area (Å²) < 4.78 is 0. The number of carboxylic acid groups (broad SMARTS) is 1. The topological polar surface area (TPSA) is 108 Å². The number of amides is 2. The van der Waals surface area contributed by atoms with Gasteiger partial charge in [-0.15, -0.1) is 0 Å². The third-order valence-corrected chi connectivity index (χ3v) is 1.68. The number of hydrogen-bond donors (Lipinski definition) is 3. The summed E-state index contributed by atoms with van der Waals surface area (Å²) in [4.78, 5) is 27.2. The Kier molecular flexibility index (Phi) is 4.28. The molecule has 0 aromatic carbocycles. The van der Waals surface area contributed by atoms with E-state index in [1.54, 1.807) is 19.4 Å². The van der Waals surface area contributed by atoms with E-state index in [9.17, 15) is 9.59 Å². The van der Waals surface area contributed by atoms with E-state index in [0.717, 1.165) is 5.56 Å². The van der Waals surface area contributed by atoms with Crippen molar-refractivity contribution in [3.63, 3.8) is 0 Å². The highest BCUT2D eigenvalue weighted by Gasteiger charge is 2.09. The Bertz CT molecular complexity index is 351. The predicted molar refractivity (Wildman–Crippen MR) is 52.2 cm³/mol. The molecule has 0 atom stereocenters. The average molecular weight is 228 g/mol. The Labute approximate surface area is 91.1 Å². The second-order valence-corrected chi connectivity index (χ2v) is 3.05. The Morgan fingerprint density at radius 2 is 2.44 bits per heavy atom. The molecule has 0 spiro atoms. The molecule has 0 aliphatic carbocycles. The molecule has 1 aromatic rings. The van der Waals surface area contributed by atoms with Crippen LogP contribution in [0, 0.1) is 0 Å². The summed E-state index contributed by atoms with van der Waals surface area (Å²) in [5.41, 5.74) is 2.83. The fourth-order valence-electron chi connectivity index (χ4n) is 0.947. The van der Waals surface area contributed by atoms with Crippen LogP contribution in [-0.4, -0.2) is 45.9 Å². The van der Waals surface area contributed by atoms with Crippen LogP contribution in [-0.2, 0) is 16.2 Å². The van der Waals surface area contributed by atoms with Crippen LogP contribution in [0.4, 0.5) is 4.79 Å². The quantitative estimate of drug-likeness (QED) is 0.592. The number of aliphatic carboxylic acids is 1. The molecule has 0 fully saturated rings. The van der Waals surface area contributed by atoms with Crippen LogP contribution in [0.15, 0.2) is 12.4 Å². The maximum Gasteiger partial charge on any atom is 0.341 e. The first-order valence-corrected chi connectivity index (χ1v) is 4.42. The van der Waals surface area contributed by atoms with E-state index in [4.69, 9.17) is 5.11 Å². The molecule has 0 bridgehead atoms. The van der Waals surface area contributed by atoms with Crippen molar-refractivity contribution in [3.8, 4) is 0 Å². The fourth-order valence-corrected chi connectivity index (χ4v) is 0.947. The van der Waals surface area contributed by atoms with Crippen molar-refractivity contribution < 1.29 is 19.5 Å². The van der Waals surface area contributed by atoms with Crippen molar-refractivity contribution in [1.82, 2.24) is 20.6 Å². The number of hydrogen-bond acceptors (Lipinski definition) is 4. The number of rotatable bonds is 5. The molecule has 88 valence electrons. The maximum absolute atomic E-state index is 11.3. The normalized spacial score (nSPS) is 9.81. The van der Waals surface area contributed by atoms with Gasteiger partial charge < -0.3 is 10.0 Å². The van der Waals surface area contributed by atoms with E-state index in [2.05, 4.69) is 15.0 Å².